The van der Waals surface area contributed by atoms with Gasteiger partial charge < -0.3 is 10.1 Å². The van der Waals surface area contributed by atoms with E-state index in [9.17, 15) is 4.39 Å². The topological polar surface area (TPSA) is 21.3 Å². The highest BCUT2D eigenvalue weighted by Gasteiger charge is 2.20. The van der Waals surface area contributed by atoms with Crippen molar-refractivity contribution < 1.29 is 9.13 Å². The molecule has 0 aromatic heterocycles. The van der Waals surface area contributed by atoms with Crippen LogP contribution in [0.15, 0.2) is 16.6 Å². The molecule has 88 valence electrons. The molecule has 1 N–H and O–H groups in total. The summed E-state index contributed by atoms with van der Waals surface area (Å²) in [6.07, 6.45) is 2.15. The molecule has 1 unspecified atom stereocenters. The smallest absolute Gasteiger partial charge is 0.135 e. The maximum absolute atomic E-state index is 13.9. The summed E-state index contributed by atoms with van der Waals surface area (Å²) in [7, 11) is 1.54. The summed E-state index contributed by atoms with van der Waals surface area (Å²) in [5.74, 6) is 0.648. The van der Waals surface area contributed by atoms with Crippen molar-refractivity contribution in [2.45, 2.75) is 18.8 Å². The van der Waals surface area contributed by atoms with Crippen LogP contribution in [-0.4, -0.2) is 20.2 Å². The summed E-state index contributed by atoms with van der Waals surface area (Å²) in [6.45, 7) is 1.89. The second kappa shape index (κ2) is 5.15. The van der Waals surface area contributed by atoms with Gasteiger partial charge in [0.1, 0.15) is 11.6 Å². The van der Waals surface area contributed by atoms with Crippen LogP contribution >= 0.6 is 15.9 Å². The molecule has 0 aliphatic carbocycles. The van der Waals surface area contributed by atoms with Gasteiger partial charge in [-0.15, -0.1) is 0 Å². The van der Waals surface area contributed by atoms with Crippen LogP contribution in [0.1, 0.15) is 24.3 Å². The molecule has 1 aliphatic rings. The van der Waals surface area contributed by atoms with Crippen molar-refractivity contribution in [1.29, 1.82) is 0 Å². The van der Waals surface area contributed by atoms with E-state index in [2.05, 4.69) is 21.2 Å². The number of benzene rings is 1. The molecule has 0 spiro atoms. The van der Waals surface area contributed by atoms with E-state index in [4.69, 9.17) is 4.74 Å². The summed E-state index contributed by atoms with van der Waals surface area (Å²) in [5, 5.41) is 3.30. The Labute approximate surface area is 103 Å². The highest BCUT2D eigenvalue weighted by Crippen LogP contribution is 2.33. The Bertz CT molecular complexity index is 378. The van der Waals surface area contributed by atoms with Crippen molar-refractivity contribution in [1.82, 2.24) is 5.32 Å². The van der Waals surface area contributed by atoms with Crippen LogP contribution < -0.4 is 10.1 Å². The fourth-order valence-electron chi connectivity index (χ4n) is 2.13. The molecule has 0 radical (unpaired) electrons. The fraction of sp³-hybridized carbons (Fsp3) is 0.500. The molecule has 1 aromatic carbocycles. The van der Waals surface area contributed by atoms with Crippen LogP contribution in [0.3, 0.4) is 0 Å². The van der Waals surface area contributed by atoms with Gasteiger partial charge in [0.15, 0.2) is 0 Å². The van der Waals surface area contributed by atoms with Crippen LogP contribution in [0, 0.1) is 5.82 Å². The third kappa shape index (κ3) is 2.38. The standard InChI is InChI=1S/C12H15BrFNO/c1-16-12-6-11(14)9(5-10(12)13)8-3-2-4-15-7-8/h5-6,8,15H,2-4,7H2,1H3. The molecule has 0 amide bonds. The van der Waals surface area contributed by atoms with Crippen LogP contribution in [0.5, 0.6) is 5.75 Å². The van der Waals surface area contributed by atoms with E-state index in [-0.39, 0.29) is 11.7 Å². The normalized spacial score (nSPS) is 20.8. The Morgan fingerprint density at radius 3 is 2.94 bits per heavy atom. The van der Waals surface area contributed by atoms with Gasteiger partial charge in [-0.1, -0.05) is 0 Å². The minimum Gasteiger partial charge on any atom is -0.495 e. The number of halogens is 2. The van der Waals surface area contributed by atoms with Crippen LogP contribution in [-0.2, 0) is 0 Å². The molecule has 2 nitrogen and oxygen atoms in total. The van der Waals surface area contributed by atoms with Gasteiger partial charge in [0.2, 0.25) is 0 Å². The molecule has 4 heteroatoms. The van der Waals surface area contributed by atoms with Gasteiger partial charge in [0, 0.05) is 12.6 Å². The minimum absolute atomic E-state index is 0.172. The van der Waals surface area contributed by atoms with E-state index in [0.717, 1.165) is 36.0 Å². The van der Waals surface area contributed by atoms with E-state index < -0.39 is 0 Å². The average molecular weight is 288 g/mol. The molecule has 16 heavy (non-hydrogen) atoms. The van der Waals surface area contributed by atoms with E-state index >= 15 is 0 Å². The van der Waals surface area contributed by atoms with Crippen molar-refractivity contribution >= 4 is 15.9 Å². The molecule has 1 aromatic rings. The monoisotopic (exact) mass is 287 g/mol. The zero-order chi connectivity index (χ0) is 11.5. The van der Waals surface area contributed by atoms with E-state index in [1.807, 2.05) is 6.07 Å². The zero-order valence-electron chi connectivity index (χ0n) is 9.22. The summed E-state index contributed by atoms with van der Waals surface area (Å²) in [5.41, 5.74) is 0.778. The lowest BCUT2D eigenvalue weighted by Gasteiger charge is -2.24. The summed E-state index contributed by atoms with van der Waals surface area (Å²) >= 11 is 3.40. The highest BCUT2D eigenvalue weighted by atomic mass is 79.9. The Balaban J connectivity index is 2.29. The molecule has 2 rings (SSSR count). The number of rotatable bonds is 2. The Morgan fingerprint density at radius 2 is 2.31 bits per heavy atom. The molecular weight excluding hydrogens is 273 g/mol. The molecule has 1 atom stereocenters. The second-order valence-corrected chi connectivity index (χ2v) is 4.91. The van der Waals surface area contributed by atoms with Gasteiger partial charge in [0.05, 0.1) is 11.6 Å². The Hall–Kier alpha value is -0.610. The number of piperidine rings is 1. The van der Waals surface area contributed by atoms with Gasteiger partial charge in [-0.3, -0.25) is 0 Å². The molecule has 1 heterocycles. The first kappa shape index (κ1) is 11.9. The Kier molecular flexibility index (Phi) is 3.82. The summed E-state index contributed by atoms with van der Waals surface area (Å²) < 4.78 is 19.8. The lowest BCUT2D eigenvalue weighted by molar-refractivity contribution is 0.404. The first-order valence-corrected chi connectivity index (χ1v) is 6.25. The first-order valence-electron chi connectivity index (χ1n) is 5.46. The maximum atomic E-state index is 13.9. The van der Waals surface area contributed by atoms with Gasteiger partial charge in [-0.25, -0.2) is 4.39 Å². The summed E-state index contributed by atoms with van der Waals surface area (Å²) in [4.78, 5) is 0. The van der Waals surface area contributed by atoms with Crippen LogP contribution in [0.4, 0.5) is 4.39 Å². The van der Waals surface area contributed by atoms with E-state index in [1.165, 1.54) is 6.07 Å². The third-order valence-electron chi connectivity index (χ3n) is 3.01. The van der Waals surface area contributed by atoms with Crippen molar-refractivity contribution in [3.8, 4) is 5.75 Å². The van der Waals surface area contributed by atoms with Crippen LogP contribution in [0.25, 0.3) is 0 Å². The molecule has 1 fully saturated rings. The van der Waals surface area contributed by atoms with Gasteiger partial charge >= 0.3 is 0 Å². The maximum Gasteiger partial charge on any atom is 0.135 e. The molecule has 0 bridgehead atoms. The quantitative estimate of drug-likeness (QED) is 0.903. The second-order valence-electron chi connectivity index (χ2n) is 4.05. The first-order chi connectivity index (χ1) is 7.72. The lowest BCUT2D eigenvalue weighted by Crippen LogP contribution is -2.28. The van der Waals surface area contributed by atoms with Crippen LogP contribution in [0.2, 0.25) is 0 Å². The number of nitrogens with one attached hydrogen (secondary N) is 1. The van der Waals surface area contributed by atoms with E-state index in [0.29, 0.717) is 5.75 Å². The molecule has 1 saturated heterocycles. The SMILES string of the molecule is COc1cc(F)c(C2CCCNC2)cc1Br. The van der Waals surface area contributed by atoms with Gasteiger partial charge in [-0.2, -0.15) is 0 Å². The molecule has 1 aliphatic heterocycles. The number of hydrogen-bond acceptors (Lipinski definition) is 2. The average Bonchev–Trinajstić information content (AvgIpc) is 2.32. The predicted octanol–water partition coefficient (Wildman–Crippen LogP) is 3.06. The fourth-order valence-corrected chi connectivity index (χ4v) is 2.65. The predicted molar refractivity (Wildman–Crippen MR) is 65.5 cm³/mol. The van der Waals surface area contributed by atoms with Crippen molar-refractivity contribution in [2.24, 2.45) is 0 Å². The third-order valence-corrected chi connectivity index (χ3v) is 3.63. The molecule has 0 saturated carbocycles. The number of hydrogen-bond donors (Lipinski definition) is 1. The lowest BCUT2D eigenvalue weighted by atomic mass is 9.91. The number of methoxy groups -OCH3 is 1. The van der Waals surface area contributed by atoms with Crippen molar-refractivity contribution in [3.63, 3.8) is 0 Å². The largest absolute Gasteiger partial charge is 0.495 e. The van der Waals surface area contributed by atoms with Crippen molar-refractivity contribution in [2.75, 3.05) is 20.2 Å². The summed E-state index contributed by atoms with van der Waals surface area (Å²) in [6, 6.07) is 3.29. The molecular formula is C12H15BrFNO. The minimum atomic E-state index is -0.172. The van der Waals surface area contributed by atoms with Gasteiger partial charge in [0.25, 0.3) is 0 Å². The Morgan fingerprint density at radius 1 is 1.50 bits per heavy atom. The highest BCUT2D eigenvalue weighted by molar-refractivity contribution is 9.10. The van der Waals surface area contributed by atoms with Gasteiger partial charge in [-0.05, 0) is 52.9 Å². The van der Waals surface area contributed by atoms with E-state index in [1.54, 1.807) is 7.11 Å². The zero-order valence-corrected chi connectivity index (χ0v) is 10.8. The van der Waals surface area contributed by atoms with Crippen molar-refractivity contribution in [3.05, 3.63) is 28.0 Å². The number of ether oxygens (including phenoxy) is 1.